The Kier molecular flexibility index (Phi) is 3.87. The molecule has 0 aromatic heterocycles. The number of nitrogens with zero attached hydrogens (tertiary/aromatic N) is 2. The first kappa shape index (κ1) is 13.1. The van der Waals surface area contributed by atoms with Crippen molar-refractivity contribution in [3.8, 4) is 0 Å². The quantitative estimate of drug-likeness (QED) is 0.874. The maximum absolute atomic E-state index is 9.73. The van der Waals surface area contributed by atoms with Crippen LogP contribution in [0.5, 0.6) is 0 Å². The molecule has 3 rings (SSSR count). The molecule has 2 heterocycles. The van der Waals surface area contributed by atoms with Crippen molar-refractivity contribution >= 4 is 0 Å². The molecule has 2 saturated heterocycles. The van der Waals surface area contributed by atoms with E-state index >= 15 is 0 Å². The van der Waals surface area contributed by atoms with Crippen LogP contribution in [0, 0.1) is 0 Å². The van der Waals surface area contributed by atoms with Crippen molar-refractivity contribution in [1.29, 1.82) is 0 Å². The largest absolute Gasteiger partial charge is 0.395 e. The molecule has 1 N–H and O–H groups in total. The third-order valence-electron chi connectivity index (χ3n) is 4.76. The highest BCUT2D eigenvalue weighted by Crippen LogP contribution is 2.41. The highest BCUT2D eigenvalue weighted by Gasteiger charge is 2.48. The zero-order chi connectivity index (χ0) is 13.2. The predicted octanol–water partition coefficient (Wildman–Crippen LogP) is 1.54. The van der Waals surface area contributed by atoms with Gasteiger partial charge in [-0.1, -0.05) is 30.3 Å². The Balaban J connectivity index is 1.82. The number of fused-ring (bicyclic) bond motifs is 1. The lowest BCUT2D eigenvalue weighted by Gasteiger charge is -2.57. The second-order valence-corrected chi connectivity index (χ2v) is 5.96. The molecule has 0 amide bonds. The van der Waals surface area contributed by atoms with E-state index in [2.05, 4.69) is 47.2 Å². The summed E-state index contributed by atoms with van der Waals surface area (Å²) in [5.74, 6) is 0.492. The SMILES string of the molecule is CN1CCCCN2[C@H](CO)[C@H](c3ccccc3)[C@@H]2C1. The van der Waals surface area contributed by atoms with Gasteiger partial charge < -0.3 is 10.0 Å². The minimum atomic E-state index is 0.278. The molecule has 0 spiro atoms. The lowest BCUT2D eigenvalue weighted by molar-refractivity contribution is -0.0614. The van der Waals surface area contributed by atoms with Crippen LogP contribution in [0.1, 0.15) is 24.3 Å². The minimum Gasteiger partial charge on any atom is -0.395 e. The molecule has 1 aromatic rings. The van der Waals surface area contributed by atoms with Gasteiger partial charge in [0.15, 0.2) is 0 Å². The lowest BCUT2D eigenvalue weighted by atomic mass is 9.74. The first-order chi connectivity index (χ1) is 9.31. The van der Waals surface area contributed by atoms with Crippen molar-refractivity contribution < 1.29 is 5.11 Å². The van der Waals surface area contributed by atoms with Gasteiger partial charge in [-0.2, -0.15) is 0 Å². The van der Waals surface area contributed by atoms with Crippen molar-refractivity contribution in [2.24, 2.45) is 0 Å². The zero-order valence-electron chi connectivity index (χ0n) is 11.7. The fourth-order valence-electron chi connectivity index (χ4n) is 3.79. The fraction of sp³-hybridized carbons (Fsp3) is 0.625. The summed E-state index contributed by atoms with van der Waals surface area (Å²) in [6.07, 6.45) is 2.52. The third kappa shape index (κ3) is 2.42. The molecule has 19 heavy (non-hydrogen) atoms. The Labute approximate surface area is 115 Å². The number of benzene rings is 1. The summed E-state index contributed by atoms with van der Waals surface area (Å²) in [7, 11) is 2.22. The van der Waals surface area contributed by atoms with Gasteiger partial charge >= 0.3 is 0 Å². The first-order valence-corrected chi connectivity index (χ1v) is 7.41. The normalized spacial score (nSPS) is 33.1. The summed E-state index contributed by atoms with van der Waals surface area (Å²) in [4.78, 5) is 4.97. The van der Waals surface area contributed by atoms with Crippen LogP contribution in [0.15, 0.2) is 30.3 Å². The van der Waals surface area contributed by atoms with Crippen molar-refractivity contribution in [3.05, 3.63) is 35.9 Å². The highest BCUT2D eigenvalue weighted by molar-refractivity contribution is 5.28. The molecule has 3 heteroatoms. The Hall–Kier alpha value is -0.900. The van der Waals surface area contributed by atoms with Gasteiger partial charge in [0.2, 0.25) is 0 Å². The Morgan fingerprint density at radius 2 is 1.89 bits per heavy atom. The molecule has 1 aromatic carbocycles. The summed E-state index contributed by atoms with van der Waals surface area (Å²) < 4.78 is 0. The number of aliphatic hydroxyl groups excluding tert-OH is 1. The van der Waals surface area contributed by atoms with Crippen LogP contribution in [0.2, 0.25) is 0 Å². The molecular formula is C16H24N2O. The highest BCUT2D eigenvalue weighted by atomic mass is 16.3. The average molecular weight is 260 g/mol. The van der Waals surface area contributed by atoms with Crippen LogP contribution in [0.4, 0.5) is 0 Å². The topological polar surface area (TPSA) is 26.7 Å². The summed E-state index contributed by atoms with van der Waals surface area (Å²) in [5.41, 5.74) is 1.39. The van der Waals surface area contributed by atoms with Gasteiger partial charge in [0.05, 0.1) is 6.61 Å². The van der Waals surface area contributed by atoms with Gasteiger partial charge in [0.1, 0.15) is 0 Å². The van der Waals surface area contributed by atoms with Crippen LogP contribution in [0.25, 0.3) is 0 Å². The van der Waals surface area contributed by atoms with E-state index in [1.807, 2.05) is 0 Å². The molecule has 3 atom stereocenters. The molecule has 2 aliphatic rings. The standard InChI is InChI=1S/C16H24N2O/c1-17-9-5-6-10-18-14(11-17)16(15(18)12-19)13-7-3-2-4-8-13/h2-4,7-8,14-16,19H,5-6,9-12H2,1H3/t14-,15+,16+/m0/s1. The second kappa shape index (κ2) is 5.61. The van der Waals surface area contributed by atoms with E-state index in [1.54, 1.807) is 0 Å². The third-order valence-corrected chi connectivity index (χ3v) is 4.76. The smallest absolute Gasteiger partial charge is 0.0593 e. The molecule has 0 unspecified atom stereocenters. The molecule has 2 fully saturated rings. The van der Waals surface area contributed by atoms with Crippen molar-refractivity contribution in [2.75, 3.05) is 33.3 Å². The van der Waals surface area contributed by atoms with E-state index in [9.17, 15) is 5.11 Å². The molecule has 0 bridgehead atoms. The van der Waals surface area contributed by atoms with E-state index < -0.39 is 0 Å². The van der Waals surface area contributed by atoms with Crippen LogP contribution < -0.4 is 0 Å². The average Bonchev–Trinajstić information content (AvgIpc) is 2.42. The van der Waals surface area contributed by atoms with Crippen LogP contribution in [0.3, 0.4) is 0 Å². The number of hydrogen-bond acceptors (Lipinski definition) is 3. The van der Waals surface area contributed by atoms with Gasteiger partial charge in [0, 0.05) is 24.5 Å². The van der Waals surface area contributed by atoms with E-state index in [4.69, 9.17) is 0 Å². The summed E-state index contributed by atoms with van der Waals surface area (Å²) in [6, 6.07) is 11.6. The molecular weight excluding hydrogens is 236 g/mol. The number of rotatable bonds is 2. The summed E-state index contributed by atoms with van der Waals surface area (Å²) in [6.45, 7) is 3.75. The summed E-state index contributed by atoms with van der Waals surface area (Å²) in [5, 5.41) is 9.73. The minimum absolute atomic E-state index is 0.278. The molecule has 0 aliphatic carbocycles. The van der Waals surface area contributed by atoms with Gasteiger partial charge in [-0.15, -0.1) is 0 Å². The van der Waals surface area contributed by atoms with Crippen LogP contribution >= 0.6 is 0 Å². The number of hydrogen-bond donors (Lipinski definition) is 1. The van der Waals surface area contributed by atoms with Crippen molar-refractivity contribution in [3.63, 3.8) is 0 Å². The van der Waals surface area contributed by atoms with Gasteiger partial charge in [-0.25, -0.2) is 0 Å². The molecule has 3 nitrogen and oxygen atoms in total. The zero-order valence-corrected chi connectivity index (χ0v) is 11.7. The van der Waals surface area contributed by atoms with Crippen LogP contribution in [-0.4, -0.2) is 60.3 Å². The molecule has 0 radical (unpaired) electrons. The van der Waals surface area contributed by atoms with E-state index in [1.165, 1.54) is 24.9 Å². The maximum atomic E-state index is 9.73. The monoisotopic (exact) mass is 260 g/mol. The molecule has 0 saturated carbocycles. The van der Waals surface area contributed by atoms with Gasteiger partial charge in [-0.3, -0.25) is 4.90 Å². The second-order valence-electron chi connectivity index (χ2n) is 5.96. The van der Waals surface area contributed by atoms with E-state index in [-0.39, 0.29) is 6.61 Å². The molecule has 2 aliphatic heterocycles. The first-order valence-electron chi connectivity index (χ1n) is 7.41. The van der Waals surface area contributed by atoms with Gasteiger partial charge in [-0.05, 0) is 38.5 Å². The van der Waals surface area contributed by atoms with Crippen molar-refractivity contribution in [1.82, 2.24) is 9.80 Å². The lowest BCUT2D eigenvalue weighted by Crippen LogP contribution is -2.67. The maximum Gasteiger partial charge on any atom is 0.0593 e. The van der Waals surface area contributed by atoms with Crippen LogP contribution in [-0.2, 0) is 0 Å². The summed E-state index contributed by atoms with van der Waals surface area (Å²) >= 11 is 0. The Bertz CT molecular complexity index is 408. The van der Waals surface area contributed by atoms with Gasteiger partial charge in [0.25, 0.3) is 0 Å². The number of aliphatic hydroxyl groups is 1. The predicted molar refractivity (Wildman–Crippen MR) is 77.3 cm³/mol. The Morgan fingerprint density at radius 3 is 2.63 bits per heavy atom. The number of likely N-dealkylation sites (N-methyl/N-ethyl adjacent to an activating group) is 1. The Morgan fingerprint density at radius 1 is 1.16 bits per heavy atom. The molecule has 104 valence electrons. The fourth-order valence-corrected chi connectivity index (χ4v) is 3.79. The van der Waals surface area contributed by atoms with Crippen molar-refractivity contribution in [2.45, 2.75) is 30.8 Å². The van der Waals surface area contributed by atoms with E-state index in [0.717, 1.165) is 13.1 Å². The van der Waals surface area contributed by atoms with E-state index in [0.29, 0.717) is 18.0 Å².